The first-order valence-corrected chi connectivity index (χ1v) is 6.32. The van der Waals surface area contributed by atoms with Crippen LogP contribution in [0.2, 0.25) is 0 Å². The Morgan fingerprint density at radius 1 is 1.65 bits per heavy atom. The second-order valence-electron chi connectivity index (χ2n) is 5.20. The monoisotopic (exact) mass is 238 g/mol. The fraction of sp³-hybridized carbons (Fsp3) is 0.833. The Kier molecular flexibility index (Phi) is 3.79. The molecule has 0 amide bonds. The van der Waals surface area contributed by atoms with Crippen molar-refractivity contribution in [1.29, 1.82) is 0 Å². The lowest BCUT2D eigenvalue weighted by Crippen LogP contribution is -2.43. The van der Waals surface area contributed by atoms with E-state index in [0.29, 0.717) is 12.5 Å². The Labute approximate surface area is 102 Å². The summed E-state index contributed by atoms with van der Waals surface area (Å²) in [7, 11) is 1.70. The molecule has 2 rings (SSSR count). The fourth-order valence-corrected chi connectivity index (χ4v) is 2.79. The molecule has 1 fully saturated rings. The van der Waals surface area contributed by atoms with E-state index in [1.807, 2.05) is 4.57 Å². The number of nitrogens with zero attached hydrogens (tertiary/aromatic N) is 3. The molecule has 5 nitrogen and oxygen atoms in total. The second-order valence-corrected chi connectivity index (χ2v) is 5.20. The minimum absolute atomic E-state index is 0.304. The lowest BCUT2D eigenvalue weighted by Gasteiger charge is -2.35. The number of ether oxygens (including phenoxy) is 1. The highest BCUT2D eigenvalue weighted by Gasteiger charge is 2.36. The summed E-state index contributed by atoms with van der Waals surface area (Å²) in [5.41, 5.74) is 6.22. The molecule has 96 valence electrons. The van der Waals surface area contributed by atoms with E-state index < -0.39 is 0 Å². The molecule has 2 atom stereocenters. The smallest absolute Gasteiger partial charge is 0.153 e. The maximum atomic E-state index is 6.52. The van der Waals surface area contributed by atoms with E-state index >= 15 is 0 Å². The van der Waals surface area contributed by atoms with Crippen molar-refractivity contribution in [3.63, 3.8) is 0 Å². The van der Waals surface area contributed by atoms with Crippen LogP contribution < -0.4 is 5.73 Å². The summed E-state index contributed by atoms with van der Waals surface area (Å²) in [4.78, 5) is 0. The maximum Gasteiger partial charge on any atom is 0.153 e. The van der Waals surface area contributed by atoms with Crippen LogP contribution in [0.15, 0.2) is 6.33 Å². The first-order chi connectivity index (χ1) is 8.15. The van der Waals surface area contributed by atoms with Gasteiger partial charge in [-0.05, 0) is 18.8 Å². The van der Waals surface area contributed by atoms with E-state index in [9.17, 15) is 0 Å². The molecule has 1 heterocycles. The lowest BCUT2D eigenvalue weighted by molar-refractivity contribution is 0.177. The summed E-state index contributed by atoms with van der Waals surface area (Å²) in [5.74, 6) is 1.59. The minimum Gasteiger partial charge on any atom is -0.383 e. The van der Waals surface area contributed by atoms with Crippen LogP contribution >= 0.6 is 0 Å². The van der Waals surface area contributed by atoms with Gasteiger partial charge in [-0.1, -0.05) is 19.8 Å². The highest BCUT2D eigenvalue weighted by atomic mass is 16.5. The minimum atomic E-state index is -0.304. The Hall–Kier alpha value is -0.940. The number of rotatable bonds is 4. The van der Waals surface area contributed by atoms with E-state index in [4.69, 9.17) is 10.5 Å². The van der Waals surface area contributed by atoms with Crippen molar-refractivity contribution in [1.82, 2.24) is 14.8 Å². The third-order valence-electron chi connectivity index (χ3n) is 3.63. The molecule has 2 N–H and O–H groups in total. The van der Waals surface area contributed by atoms with Gasteiger partial charge in [0.25, 0.3) is 0 Å². The normalized spacial score (nSPS) is 29.5. The molecular formula is C12H22N4O. The number of methoxy groups -OCH3 is 1. The molecule has 0 aliphatic heterocycles. The van der Waals surface area contributed by atoms with Gasteiger partial charge >= 0.3 is 0 Å². The lowest BCUT2D eigenvalue weighted by atomic mass is 9.76. The average molecular weight is 238 g/mol. The van der Waals surface area contributed by atoms with Crippen LogP contribution in [0, 0.1) is 5.92 Å². The molecule has 0 saturated heterocycles. The molecule has 0 spiro atoms. The molecule has 1 saturated carbocycles. The standard InChI is InChI=1S/C12H22N4O/c1-10-4-3-5-12(13,8-10)11-15-14-9-16(11)6-7-17-2/h9-10H,3-8,13H2,1-2H3. The Bertz CT molecular complexity index is 365. The van der Waals surface area contributed by atoms with Crippen LogP contribution in [-0.2, 0) is 16.8 Å². The highest BCUT2D eigenvalue weighted by Crippen LogP contribution is 2.36. The molecule has 0 bridgehead atoms. The fourth-order valence-electron chi connectivity index (χ4n) is 2.79. The number of aromatic nitrogens is 3. The SMILES string of the molecule is COCCn1cnnc1C1(N)CCCC(C)C1. The summed E-state index contributed by atoms with van der Waals surface area (Å²) in [6.45, 7) is 3.69. The summed E-state index contributed by atoms with van der Waals surface area (Å²) in [5, 5.41) is 8.23. The van der Waals surface area contributed by atoms with Crippen LogP contribution in [0.5, 0.6) is 0 Å². The molecule has 0 aromatic carbocycles. The third-order valence-corrected chi connectivity index (χ3v) is 3.63. The summed E-state index contributed by atoms with van der Waals surface area (Å²) >= 11 is 0. The van der Waals surface area contributed by atoms with Crippen molar-refractivity contribution in [2.45, 2.75) is 44.7 Å². The summed E-state index contributed by atoms with van der Waals surface area (Å²) < 4.78 is 7.12. The summed E-state index contributed by atoms with van der Waals surface area (Å²) in [6.07, 6.45) is 6.20. The van der Waals surface area contributed by atoms with Gasteiger partial charge < -0.3 is 15.0 Å². The van der Waals surface area contributed by atoms with Gasteiger partial charge in [-0.3, -0.25) is 0 Å². The maximum absolute atomic E-state index is 6.52. The Balaban J connectivity index is 2.17. The first kappa shape index (κ1) is 12.5. The molecule has 0 radical (unpaired) electrons. The van der Waals surface area contributed by atoms with Crippen molar-refractivity contribution >= 4 is 0 Å². The number of nitrogens with two attached hydrogens (primary N) is 1. The zero-order chi connectivity index (χ0) is 12.3. The molecule has 1 aromatic rings. The molecule has 1 aromatic heterocycles. The predicted molar refractivity (Wildman–Crippen MR) is 65.4 cm³/mol. The van der Waals surface area contributed by atoms with Crippen molar-refractivity contribution in [2.75, 3.05) is 13.7 Å². The first-order valence-electron chi connectivity index (χ1n) is 6.32. The molecular weight excluding hydrogens is 216 g/mol. The van der Waals surface area contributed by atoms with Crippen molar-refractivity contribution in [3.05, 3.63) is 12.2 Å². The van der Waals surface area contributed by atoms with Gasteiger partial charge in [-0.15, -0.1) is 10.2 Å². The van der Waals surface area contributed by atoms with Gasteiger partial charge in [0.2, 0.25) is 0 Å². The van der Waals surface area contributed by atoms with Crippen LogP contribution in [0.3, 0.4) is 0 Å². The van der Waals surface area contributed by atoms with Gasteiger partial charge in [0.05, 0.1) is 12.1 Å². The third kappa shape index (κ3) is 2.66. The van der Waals surface area contributed by atoms with Gasteiger partial charge in [0.1, 0.15) is 6.33 Å². The van der Waals surface area contributed by atoms with E-state index in [0.717, 1.165) is 25.2 Å². The summed E-state index contributed by atoms with van der Waals surface area (Å²) in [6, 6.07) is 0. The quantitative estimate of drug-likeness (QED) is 0.858. The van der Waals surface area contributed by atoms with Crippen LogP contribution in [0.4, 0.5) is 0 Å². The largest absolute Gasteiger partial charge is 0.383 e. The van der Waals surface area contributed by atoms with Crippen molar-refractivity contribution < 1.29 is 4.74 Å². The second kappa shape index (κ2) is 5.14. The predicted octanol–water partition coefficient (Wildman–Crippen LogP) is 1.29. The molecule has 2 unspecified atom stereocenters. The van der Waals surface area contributed by atoms with Crippen LogP contribution in [0.25, 0.3) is 0 Å². The van der Waals surface area contributed by atoms with Gasteiger partial charge in [-0.2, -0.15) is 0 Å². The molecule has 1 aliphatic rings. The molecule has 1 aliphatic carbocycles. The van der Waals surface area contributed by atoms with E-state index in [1.54, 1.807) is 13.4 Å². The van der Waals surface area contributed by atoms with Crippen LogP contribution in [0.1, 0.15) is 38.4 Å². The van der Waals surface area contributed by atoms with E-state index in [-0.39, 0.29) is 5.54 Å². The average Bonchev–Trinajstić information content (AvgIpc) is 2.74. The highest BCUT2D eigenvalue weighted by molar-refractivity contribution is 5.07. The van der Waals surface area contributed by atoms with E-state index in [1.165, 1.54) is 12.8 Å². The van der Waals surface area contributed by atoms with Gasteiger partial charge in [-0.25, -0.2) is 0 Å². The van der Waals surface area contributed by atoms with Gasteiger partial charge in [0.15, 0.2) is 5.82 Å². The Morgan fingerprint density at radius 3 is 3.18 bits per heavy atom. The topological polar surface area (TPSA) is 66.0 Å². The van der Waals surface area contributed by atoms with E-state index in [2.05, 4.69) is 17.1 Å². The molecule has 5 heteroatoms. The Morgan fingerprint density at radius 2 is 2.47 bits per heavy atom. The number of hydrogen-bond acceptors (Lipinski definition) is 4. The van der Waals surface area contributed by atoms with Crippen molar-refractivity contribution in [2.24, 2.45) is 11.7 Å². The van der Waals surface area contributed by atoms with Crippen molar-refractivity contribution in [3.8, 4) is 0 Å². The van der Waals surface area contributed by atoms with Gasteiger partial charge in [0, 0.05) is 13.7 Å². The zero-order valence-electron chi connectivity index (χ0n) is 10.7. The number of hydrogen-bond donors (Lipinski definition) is 1. The molecule has 17 heavy (non-hydrogen) atoms. The zero-order valence-corrected chi connectivity index (χ0v) is 10.7. The van der Waals surface area contributed by atoms with Crippen LogP contribution in [-0.4, -0.2) is 28.5 Å².